The van der Waals surface area contributed by atoms with Crippen LogP contribution in [0, 0.1) is 18.6 Å². The summed E-state index contributed by atoms with van der Waals surface area (Å²) < 4.78 is 28.3. The number of hydrogen-bond acceptors (Lipinski definition) is 1. The molecule has 0 radical (unpaired) electrons. The Morgan fingerprint density at radius 2 is 1.68 bits per heavy atom. The molecule has 1 nitrogen and oxygen atoms in total. The number of hydrogen-bond donors (Lipinski definition) is 1. The highest BCUT2D eigenvalue weighted by atomic mass is 79.9. The summed E-state index contributed by atoms with van der Waals surface area (Å²) in [4.78, 5) is 0. The van der Waals surface area contributed by atoms with Crippen molar-refractivity contribution in [3.63, 3.8) is 0 Å². The predicted molar refractivity (Wildman–Crippen MR) is 76.1 cm³/mol. The van der Waals surface area contributed by atoms with E-state index in [1.807, 2.05) is 31.2 Å². The lowest BCUT2D eigenvalue weighted by molar-refractivity contribution is 0.518. The van der Waals surface area contributed by atoms with Crippen LogP contribution in [0.2, 0.25) is 0 Å². The molecule has 100 valence electrons. The SMILES string of the molecule is CNC(c1ccc(C)cc1)c1c(F)ccc(Br)c1F. The first-order valence-corrected chi connectivity index (χ1v) is 6.71. The predicted octanol–water partition coefficient (Wildman–Crippen LogP) is 4.34. The van der Waals surface area contributed by atoms with Gasteiger partial charge in [-0.2, -0.15) is 0 Å². The van der Waals surface area contributed by atoms with E-state index in [1.54, 1.807) is 7.05 Å². The fourth-order valence-electron chi connectivity index (χ4n) is 2.04. The van der Waals surface area contributed by atoms with Crippen LogP contribution in [-0.4, -0.2) is 7.05 Å². The molecule has 2 rings (SSSR count). The fraction of sp³-hybridized carbons (Fsp3) is 0.200. The van der Waals surface area contributed by atoms with Crippen LogP contribution in [-0.2, 0) is 0 Å². The highest BCUT2D eigenvalue weighted by Crippen LogP contribution is 2.30. The van der Waals surface area contributed by atoms with Crippen molar-refractivity contribution in [2.75, 3.05) is 7.05 Å². The van der Waals surface area contributed by atoms with E-state index in [2.05, 4.69) is 21.2 Å². The van der Waals surface area contributed by atoms with Gasteiger partial charge in [-0.1, -0.05) is 29.8 Å². The maximum atomic E-state index is 14.1. The molecule has 0 aliphatic heterocycles. The topological polar surface area (TPSA) is 12.0 Å². The minimum absolute atomic E-state index is 0.0285. The van der Waals surface area contributed by atoms with Crippen LogP contribution in [0.25, 0.3) is 0 Å². The molecule has 0 aromatic heterocycles. The largest absolute Gasteiger partial charge is 0.309 e. The van der Waals surface area contributed by atoms with E-state index in [-0.39, 0.29) is 10.0 Å². The summed E-state index contributed by atoms with van der Waals surface area (Å²) in [6.07, 6.45) is 0. The van der Waals surface area contributed by atoms with Crippen molar-refractivity contribution in [2.45, 2.75) is 13.0 Å². The molecule has 0 spiro atoms. The van der Waals surface area contributed by atoms with Gasteiger partial charge in [0.05, 0.1) is 10.5 Å². The summed E-state index contributed by atoms with van der Waals surface area (Å²) in [5.74, 6) is -1.12. The second-order valence-electron chi connectivity index (χ2n) is 4.39. The molecule has 19 heavy (non-hydrogen) atoms. The van der Waals surface area contributed by atoms with Gasteiger partial charge in [-0.3, -0.25) is 0 Å². The third-order valence-corrected chi connectivity index (χ3v) is 3.68. The third kappa shape index (κ3) is 2.85. The molecular formula is C15H14BrF2N. The second-order valence-corrected chi connectivity index (χ2v) is 5.24. The van der Waals surface area contributed by atoms with Crippen LogP contribution in [0.5, 0.6) is 0 Å². The average Bonchev–Trinajstić information content (AvgIpc) is 2.40. The van der Waals surface area contributed by atoms with Gasteiger partial charge < -0.3 is 5.32 Å². The van der Waals surface area contributed by atoms with E-state index in [0.29, 0.717) is 0 Å². The molecule has 1 N–H and O–H groups in total. The Balaban J connectivity index is 2.54. The van der Waals surface area contributed by atoms with Crippen LogP contribution in [0.4, 0.5) is 8.78 Å². The monoisotopic (exact) mass is 325 g/mol. The lowest BCUT2D eigenvalue weighted by Gasteiger charge is -2.19. The summed E-state index contributed by atoms with van der Waals surface area (Å²) in [7, 11) is 1.68. The van der Waals surface area contributed by atoms with Crippen LogP contribution < -0.4 is 5.32 Å². The fourth-order valence-corrected chi connectivity index (χ4v) is 2.39. The van der Waals surface area contributed by atoms with Crippen molar-refractivity contribution in [1.29, 1.82) is 0 Å². The van der Waals surface area contributed by atoms with E-state index >= 15 is 0 Å². The molecule has 2 aromatic carbocycles. The van der Waals surface area contributed by atoms with Crippen molar-refractivity contribution in [3.05, 3.63) is 69.2 Å². The molecule has 1 atom stereocenters. The van der Waals surface area contributed by atoms with Crippen LogP contribution in [0.1, 0.15) is 22.7 Å². The lowest BCUT2D eigenvalue weighted by atomic mass is 9.97. The standard InChI is InChI=1S/C15H14BrF2N/c1-9-3-5-10(6-4-9)15(19-2)13-12(17)8-7-11(16)14(13)18/h3-8,15,19H,1-2H3. The van der Waals surface area contributed by atoms with E-state index in [0.717, 1.165) is 11.1 Å². The smallest absolute Gasteiger partial charge is 0.145 e. The number of aryl methyl sites for hydroxylation is 1. The van der Waals surface area contributed by atoms with Crippen LogP contribution in [0.3, 0.4) is 0 Å². The highest BCUT2D eigenvalue weighted by molar-refractivity contribution is 9.10. The second kappa shape index (κ2) is 5.80. The Hall–Kier alpha value is -1.26. The first-order chi connectivity index (χ1) is 9.04. The van der Waals surface area contributed by atoms with Crippen molar-refractivity contribution in [1.82, 2.24) is 5.32 Å². The van der Waals surface area contributed by atoms with Gasteiger partial charge in [-0.25, -0.2) is 8.78 Å². The Bertz CT molecular complexity index is 581. The summed E-state index contributed by atoms with van der Waals surface area (Å²) in [5.41, 5.74) is 1.96. The zero-order chi connectivity index (χ0) is 14.0. The van der Waals surface area contributed by atoms with Gasteiger partial charge >= 0.3 is 0 Å². The Morgan fingerprint density at radius 3 is 2.26 bits per heavy atom. The third-order valence-electron chi connectivity index (χ3n) is 3.07. The molecule has 0 heterocycles. The Morgan fingerprint density at radius 1 is 1.05 bits per heavy atom. The Labute approximate surface area is 119 Å². The first kappa shape index (κ1) is 14.2. The van der Waals surface area contributed by atoms with Gasteiger partial charge in [0.15, 0.2) is 0 Å². The maximum absolute atomic E-state index is 14.1. The van der Waals surface area contributed by atoms with E-state index in [4.69, 9.17) is 0 Å². The minimum atomic E-state index is -0.570. The maximum Gasteiger partial charge on any atom is 0.145 e. The number of rotatable bonds is 3. The van der Waals surface area contributed by atoms with Gasteiger partial charge in [0.25, 0.3) is 0 Å². The molecule has 0 aliphatic carbocycles. The molecule has 0 saturated carbocycles. The van der Waals surface area contributed by atoms with E-state index < -0.39 is 17.7 Å². The first-order valence-electron chi connectivity index (χ1n) is 5.92. The van der Waals surface area contributed by atoms with Crippen LogP contribution >= 0.6 is 15.9 Å². The quantitative estimate of drug-likeness (QED) is 0.827. The van der Waals surface area contributed by atoms with Gasteiger partial charge in [-0.05, 0) is 47.6 Å². The number of benzene rings is 2. The van der Waals surface area contributed by atoms with Crippen molar-refractivity contribution in [3.8, 4) is 0 Å². The molecule has 4 heteroatoms. The normalized spacial score (nSPS) is 12.5. The average molecular weight is 326 g/mol. The zero-order valence-corrected chi connectivity index (χ0v) is 12.3. The van der Waals surface area contributed by atoms with E-state index in [9.17, 15) is 8.78 Å². The summed E-state index contributed by atoms with van der Waals surface area (Å²) in [5, 5.41) is 2.96. The Kier molecular flexibility index (Phi) is 4.32. The molecular weight excluding hydrogens is 312 g/mol. The number of halogens is 3. The van der Waals surface area contributed by atoms with Gasteiger partial charge in [0, 0.05) is 5.56 Å². The van der Waals surface area contributed by atoms with Crippen molar-refractivity contribution < 1.29 is 8.78 Å². The molecule has 0 aliphatic rings. The molecule has 1 unspecified atom stereocenters. The molecule has 0 amide bonds. The lowest BCUT2D eigenvalue weighted by Crippen LogP contribution is -2.20. The van der Waals surface area contributed by atoms with Crippen molar-refractivity contribution >= 4 is 15.9 Å². The van der Waals surface area contributed by atoms with Gasteiger partial charge in [-0.15, -0.1) is 0 Å². The number of nitrogens with one attached hydrogen (secondary N) is 1. The molecule has 0 saturated heterocycles. The highest BCUT2D eigenvalue weighted by Gasteiger charge is 2.22. The minimum Gasteiger partial charge on any atom is -0.309 e. The summed E-state index contributed by atoms with van der Waals surface area (Å²) in [6.45, 7) is 1.97. The van der Waals surface area contributed by atoms with Gasteiger partial charge in [0.2, 0.25) is 0 Å². The van der Waals surface area contributed by atoms with E-state index in [1.165, 1.54) is 12.1 Å². The summed E-state index contributed by atoms with van der Waals surface area (Å²) >= 11 is 3.09. The summed E-state index contributed by atoms with van der Waals surface area (Å²) in [6, 6.07) is 9.71. The van der Waals surface area contributed by atoms with Crippen LogP contribution in [0.15, 0.2) is 40.9 Å². The van der Waals surface area contributed by atoms with Crippen molar-refractivity contribution in [2.24, 2.45) is 0 Å². The zero-order valence-electron chi connectivity index (χ0n) is 10.7. The molecule has 0 fully saturated rings. The molecule has 0 bridgehead atoms. The van der Waals surface area contributed by atoms with Gasteiger partial charge in [0.1, 0.15) is 11.6 Å². The molecule has 2 aromatic rings.